The van der Waals surface area contributed by atoms with E-state index in [9.17, 15) is 19.2 Å². The van der Waals surface area contributed by atoms with E-state index < -0.39 is 41.0 Å². The van der Waals surface area contributed by atoms with Crippen LogP contribution in [-0.4, -0.2) is 39.9 Å². The molecule has 2 amide bonds. The van der Waals surface area contributed by atoms with Crippen LogP contribution < -0.4 is 0 Å². The zero-order valence-electron chi connectivity index (χ0n) is 17.8. The number of hydrogen-bond acceptors (Lipinski definition) is 5. The molecular weight excluding hydrogens is 533 g/mol. The Hall–Kier alpha value is -2.39. The smallest absolute Gasteiger partial charge is 0.237 e. The summed E-state index contributed by atoms with van der Waals surface area (Å²) in [5, 5.41) is 0. The molecule has 2 aromatic rings. The summed E-state index contributed by atoms with van der Waals surface area (Å²) in [6, 6.07) is 13.9. The van der Waals surface area contributed by atoms with Crippen LogP contribution in [0.15, 0.2) is 48.5 Å². The second kappa shape index (κ2) is 7.56. The zero-order valence-corrected chi connectivity index (χ0v) is 20.0. The van der Waals surface area contributed by atoms with Gasteiger partial charge in [-0.2, -0.15) is 0 Å². The van der Waals surface area contributed by atoms with Crippen LogP contribution in [0, 0.1) is 15.4 Å². The first-order valence-electron chi connectivity index (χ1n) is 11.4. The molecule has 0 bridgehead atoms. The highest BCUT2D eigenvalue weighted by molar-refractivity contribution is 14.1. The molecule has 2 aromatic carbocycles. The van der Waals surface area contributed by atoms with Crippen molar-refractivity contribution in [3.8, 4) is 0 Å². The molecule has 168 valence electrons. The number of hydrogen-bond donors (Lipinski definition) is 0. The molecule has 2 heterocycles. The first-order valence-corrected chi connectivity index (χ1v) is 12.5. The van der Waals surface area contributed by atoms with Crippen molar-refractivity contribution in [2.45, 2.75) is 49.9 Å². The van der Waals surface area contributed by atoms with Gasteiger partial charge in [0.15, 0.2) is 0 Å². The largest absolute Gasteiger partial charge is 0.349 e. The summed E-state index contributed by atoms with van der Waals surface area (Å²) in [7, 11) is 0. The molecule has 3 fully saturated rings. The van der Waals surface area contributed by atoms with Gasteiger partial charge in [0.05, 0.1) is 17.9 Å². The number of benzene rings is 2. The Morgan fingerprint density at radius 2 is 1.42 bits per heavy atom. The molecule has 1 saturated carbocycles. The van der Waals surface area contributed by atoms with Gasteiger partial charge in [-0.1, -0.05) is 55.7 Å². The second-order valence-corrected chi connectivity index (χ2v) is 10.6. The molecule has 33 heavy (non-hydrogen) atoms. The van der Waals surface area contributed by atoms with Crippen molar-refractivity contribution < 1.29 is 23.9 Å². The monoisotopic (exact) mass is 555 g/mol. The van der Waals surface area contributed by atoms with Crippen molar-refractivity contribution in [1.82, 2.24) is 4.90 Å². The number of ether oxygens (including phenoxy) is 1. The molecule has 6 nitrogen and oxygen atoms in total. The summed E-state index contributed by atoms with van der Waals surface area (Å²) >= 11 is 2.19. The zero-order chi connectivity index (χ0) is 22.9. The maximum absolute atomic E-state index is 13.9. The lowest BCUT2D eigenvalue weighted by Gasteiger charge is -2.33. The Labute approximate surface area is 204 Å². The van der Waals surface area contributed by atoms with E-state index in [-0.39, 0.29) is 23.1 Å². The fraction of sp³-hybridized carbons (Fsp3) is 0.385. The second-order valence-electron chi connectivity index (χ2n) is 9.37. The van der Waals surface area contributed by atoms with Crippen molar-refractivity contribution in [1.29, 1.82) is 0 Å². The number of halogens is 1. The number of amides is 2. The van der Waals surface area contributed by atoms with Crippen LogP contribution in [0.4, 0.5) is 0 Å². The van der Waals surface area contributed by atoms with E-state index in [0.29, 0.717) is 5.56 Å². The lowest BCUT2D eigenvalue weighted by Crippen LogP contribution is -2.52. The van der Waals surface area contributed by atoms with E-state index in [2.05, 4.69) is 22.6 Å². The molecular formula is C26H22INO5. The van der Waals surface area contributed by atoms with Crippen LogP contribution in [0.1, 0.15) is 64.5 Å². The molecule has 3 unspecified atom stereocenters. The third kappa shape index (κ3) is 2.81. The van der Waals surface area contributed by atoms with Gasteiger partial charge in [0.2, 0.25) is 29.0 Å². The Morgan fingerprint density at radius 1 is 0.818 bits per heavy atom. The Morgan fingerprint density at radius 3 is 2.03 bits per heavy atom. The molecule has 1 spiro atoms. The molecule has 0 aromatic heterocycles. The minimum atomic E-state index is -1.97. The SMILES string of the molecule is O=C1C2C(c3ccc(I)cc3)OC3(C(=O)c4ccccc4C3=O)C2C(=O)N1C1CCCCC1. The van der Waals surface area contributed by atoms with E-state index in [1.807, 2.05) is 24.3 Å². The quantitative estimate of drug-likeness (QED) is 0.317. The molecule has 4 aliphatic rings. The van der Waals surface area contributed by atoms with Crippen LogP contribution >= 0.6 is 22.6 Å². The van der Waals surface area contributed by atoms with E-state index in [0.717, 1.165) is 35.7 Å². The number of fused-ring (bicyclic) bond motifs is 3. The molecule has 0 N–H and O–H groups in total. The number of likely N-dealkylation sites (tertiary alicyclic amines) is 1. The molecule has 6 rings (SSSR count). The summed E-state index contributed by atoms with van der Waals surface area (Å²) in [4.78, 5) is 56.4. The van der Waals surface area contributed by atoms with Crippen molar-refractivity contribution >= 4 is 46.0 Å². The topological polar surface area (TPSA) is 80.8 Å². The lowest BCUT2D eigenvalue weighted by molar-refractivity contribution is -0.148. The minimum absolute atomic E-state index is 0.173. The van der Waals surface area contributed by atoms with Gasteiger partial charge in [0.1, 0.15) is 0 Å². The Balaban J connectivity index is 1.50. The fourth-order valence-corrected chi connectivity index (χ4v) is 6.55. The average molecular weight is 555 g/mol. The van der Waals surface area contributed by atoms with Gasteiger partial charge in [0.25, 0.3) is 0 Å². The van der Waals surface area contributed by atoms with Gasteiger partial charge < -0.3 is 4.74 Å². The van der Waals surface area contributed by atoms with Gasteiger partial charge in [-0.25, -0.2) is 0 Å². The summed E-state index contributed by atoms with van der Waals surface area (Å²) < 4.78 is 7.33. The number of carbonyl (C=O) groups is 4. The molecule has 2 aliphatic heterocycles. The highest BCUT2D eigenvalue weighted by Gasteiger charge is 2.75. The number of Topliss-reactive ketones (excluding diaryl/α,β-unsaturated/α-hetero) is 2. The Kier molecular flexibility index (Phi) is 4.85. The molecule has 2 aliphatic carbocycles. The predicted octanol–water partition coefficient (Wildman–Crippen LogP) is 4.11. The first kappa shape index (κ1) is 21.2. The number of ketones is 2. The average Bonchev–Trinajstić information content (AvgIpc) is 3.40. The van der Waals surface area contributed by atoms with Gasteiger partial charge in [-0.15, -0.1) is 0 Å². The van der Waals surface area contributed by atoms with Crippen LogP contribution in [-0.2, 0) is 14.3 Å². The van der Waals surface area contributed by atoms with E-state index in [1.165, 1.54) is 4.90 Å². The van der Waals surface area contributed by atoms with Crippen molar-refractivity contribution in [3.63, 3.8) is 0 Å². The van der Waals surface area contributed by atoms with Crippen LogP contribution in [0.25, 0.3) is 0 Å². The maximum Gasteiger partial charge on any atom is 0.237 e. The molecule has 2 saturated heterocycles. The number of rotatable bonds is 2. The predicted molar refractivity (Wildman–Crippen MR) is 127 cm³/mol. The van der Waals surface area contributed by atoms with Crippen LogP contribution in [0.3, 0.4) is 0 Å². The molecule has 0 radical (unpaired) electrons. The van der Waals surface area contributed by atoms with E-state index in [4.69, 9.17) is 4.74 Å². The van der Waals surface area contributed by atoms with E-state index in [1.54, 1.807) is 24.3 Å². The first-order chi connectivity index (χ1) is 15.9. The number of imide groups is 1. The fourth-order valence-electron chi connectivity index (χ4n) is 6.19. The summed E-state index contributed by atoms with van der Waals surface area (Å²) in [5.74, 6) is -3.77. The molecule has 3 atom stereocenters. The minimum Gasteiger partial charge on any atom is -0.349 e. The Bertz CT molecular complexity index is 1160. The lowest BCUT2D eigenvalue weighted by atomic mass is 9.77. The summed E-state index contributed by atoms with van der Waals surface area (Å²) in [5.41, 5.74) is -0.745. The summed E-state index contributed by atoms with van der Waals surface area (Å²) in [6.45, 7) is 0. The third-order valence-electron chi connectivity index (χ3n) is 7.69. The van der Waals surface area contributed by atoms with Crippen LogP contribution in [0.2, 0.25) is 0 Å². The van der Waals surface area contributed by atoms with Gasteiger partial charge in [-0.3, -0.25) is 24.1 Å². The summed E-state index contributed by atoms with van der Waals surface area (Å²) in [6.07, 6.45) is 3.71. The normalized spacial score (nSPS) is 28.6. The third-order valence-corrected chi connectivity index (χ3v) is 8.41. The highest BCUT2D eigenvalue weighted by atomic mass is 127. The van der Waals surface area contributed by atoms with Crippen molar-refractivity contribution in [2.24, 2.45) is 11.8 Å². The van der Waals surface area contributed by atoms with Gasteiger partial charge in [-0.05, 0) is 53.1 Å². The van der Waals surface area contributed by atoms with Crippen LogP contribution in [0.5, 0.6) is 0 Å². The maximum atomic E-state index is 13.9. The van der Waals surface area contributed by atoms with Gasteiger partial charge >= 0.3 is 0 Å². The van der Waals surface area contributed by atoms with Crippen molar-refractivity contribution in [2.75, 3.05) is 0 Å². The standard InChI is InChI=1S/C26H22INO5/c27-15-12-10-14(11-13-15)21-19-20(25(32)28(24(19)31)16-6-2-1-3-7-16)26(33-21)22(29)17-8-4-5-9-18(17)23(26)30/h4-5,8-13,16,19-21H,1-3,6-7H2. The van der Waals surface area contributed by atoms with Gasteiger partial charge in [0, 0.05) is 20.7 Å². The molecule has 7 heteroatoms. The van der Waals surface area contributed by atoms with E-state index >= 15 is 0 Å². The number of nitrogens with zero attached hydrogens (tertiary/aromatic N) is 1. The number of carbonyl (C=O) groups excluding carboxylic acids is 4. The van der Waals surface area contributed by atoms with Crippen molar-refractivity contribution in [3.05, 3.63) is 68.8 Å². The highest BCUT2D eigenvalue weighted by Crippen LogP contribution is 2.57.